The lowest BCUT2D eigenvalue weighted by molar-refractivity contribution is -0.154. The third-order valence-electron chi connectivity index (χ3n) is 4.66. The molecule has 1 aliphatic carbocycles. The van der Waals surface area contributed by atoms with Gasteiger partial charge in [-0.1, -0.05) is 42.5 Å². The summed E-state index contributed by atoms with van der Waals surface area (Å²) in [6.45, 7) is 0.516. The zero-order chi connectivity index (χ0) is 17.1. The Morgan fingerprint density at radius 1 is 1.25 bits per heavy atom. The first-order valence-corrected chi connectivity index (χ1v) is 7.84. The summed E-state index contributed by atoms with van der Waals surface area (Å²) >= 11 is 0. The van der Waals surface area contributed by atoms with E-state index in [9.17, 15) is 14.4 Å². The second-order valence-corrected chi connectivity index (χ2v) is 5.99. The molecular formula is C18H19NO5. The van der Waals surface area contributed by atoms with Crippen LogP contribution in [0.3, 0.4) is 0 Å². The van der Waals surface area contributed by atoms with Crippen molar-refractivity contribution in [1.29, 1.82) is 0 Å². The molecule has 6 nitrogen and oxygen atoms in total. The van der Waals surface area contributed by atoms with E-state index in [0.29, 0.717) is 6.54 Å². The molecule has 4 atom stereocenters. The summed E-state index contributed by atoms with van der Waals surface area (Å²) in [6.07, 6.45) is 3.94. The highest BCUT2D eigenvalue weighted by Gasteiger charge is 2.50. The van der Waals surface area contributed by atoms with Gasteiger partial charge in [0.15, 0.2) is 0 Å². The van der Waals surface area contributed by atoms with Gasteiger partial charge in [-0.05, 0) is 5.56 Å². The van der Waals surface area contributed by atoms with Gasteiger partial charge in [-0.15, -0.1) is 0 Å². The Bertz CT molecular complexity index is 657. The fourth-order valence-corrected chi connectivity index (χ4v) is 3.47. The minimum atomic E-state index is -0.606. The van der Waals surface area contributed by atoms with Gasteiger partial charge in [-0.3, -0.25) is 4.79 Å². The number of ether oxygens (including phenoxy) is 2. The molecule has 24 heavy (non-hydrogen) atoms. The first-order valence-electron chi connectivity index (χ1n) is 7.84. The maximum Gasteiger partial charge on any atom is 0.410 e. The molecular weight excluding hydrogens is 310 g/mol. The second kappa shape index (κ2) is 6.86. The van der Waals surface area contributed by atoms with Crippen LogP contribution in [0.4, 0.5) is 4.79 Å². The third kappa shape index (κ3) is 2.91. The van der Waals surface area contributed by atoms with Gasteiger partial charge in [-0.2, -0.15) is 0 Å². The number of hydrogen-bond donors (Lipinski definition) is 0. The molecule has 2 bridgehead atoms. The summed E-state index contributed by atoms with van der Waals surface area (Å²) < 4.78 is 10.2. The molecule has 6 heteroatoms. The van der Waals surface area contributed by atoms with Gasteiger partial charge in [0.05, 0.1) is 25.0 Å². The Morgan fingerprint density at radius 2 is 2.00 bits per heavy atom. The summed E-state index contributed by atoms with van der Waals surface area (Å²) in [5.74, 6) is -1.79. The zero-order valence-electron chi connectivity index (χ0n) is 13.3. The van der Waals surface area contributed by atoms with Crippen LogP contribution >= 0.6 is 0 Å². The number of hydrogen-bond acceptors (Lipinski definition) is 5. The minimum absolute atomic E-state index is 0.170. The van der Waals surface area contributed by atoms with Crippen LogP contribution in [0.25, 0.3) is 0 Å². The first-order chi connectivity index (χ1) is 11.7. The van der Waals surface area contributed by atoms with Crippen LogP contribution < -0.4 is 0 Å². The lowest BCUT2D eigenvalue weighted by Crippen LogP contribution is -2.59. The summed E-state index contributed by atoms with van der Waals surface area (Å²) in [6, 6.07) is 8.91. The Hall–Kier alpha value is -2.63. The van der Waals surface area contributed by atoms with Crippen molar-refractivity contribution in [1.82, 2.24) is 4.90 Å². The van der Waals surface area contributed by atoms with Crippen molar-refractivity contribution >= 4 is 18.3 Å². The number of benzene rings is 1. The van der Waals surface area contributed by atoms with E-state index in [2.05, 4.69) is 0 Å². The number of esters is 1. The van der Waals surface area contributed by atoms with E-state index in [-0.39, 0.29) is 12.5 Å². The van der Waals surface area contributed by atoms with Crippen LogP contribution in [0.2, 0.25) is 0 Å². The van der Waals surface area contributed by atoms with Gasteiger partial charge >= 0.3 is 12.1 Å². The summed E-state index contributed by atoms with van der Waals surface area (Å²) in [7, 11) is 1.31. The van der Waals surface area contributed by atoms with Crippen molar-refractivity contribution in [3.05, 3.63) is 48.0 Å². The highest BCUT2D eigenvalue weighted by atomic mass is 16.6. The molecule has 1 saturated heterocycles. The van der Waals surface area contributed by atoms with Gasteiger partial charge in [-0.25, -0.2) is 4.79 Å². The highest BCUT2D eigenvalue weighted by molar-refractivity contribution is 5.80. The molecule has 1 fully saturated rings. The highest BCUT2D eigenvalue weighted by Crippen LogP contribution is 2.39. The normalized spacial score (nSPS) is 27.6. The molecule has 2 aliphatic heterocycles. The molecule has 0 saturated carbocycles. The topological polar surface area (TPSA) is 72.9 Å². The quantitative estimate of drug-likeness (QED) is 0.478. The Labute approximate surface area is 140 Å². The van der Waals surface area contributed by atoms with Gasteiger partial charge in [0.25, 0.3) is 0 Å². The van der Waals surface area contributed by atoms with E-state index < -0.39 is 29.9 Å². The van der Waals surface area contributed by atoms with E-state index in [1.54, 1.807) is 6.08 Å². The fourth-order valence-electron chi connectivity index (χ4n) is 3.47. The van der Waals surface area contributed by atoms with Crippen LogP contribution in [0.5, 0.6) is 0 Å². The van der Waals surface area contributed by atoms with E-state index in [0.717, 1.165) is 11.8 Å². The SMILES string of the molecule is COC(=O)[C@H]1[C@H](C=O)[C@@H]2C=C[C@H]1CN2C(=O)OCc1ccccc1. The average Bonchev–Trinajstić information content (AvgIpc) is 2.65. The maximum atomic E-state index is 12.4. The van der Waals surface area contributed by atoms with Crippen LogP contribution in [0, 0.1) is 17.8 Å². The van der Waals surface area contributed by atoms with E-state index in [1.807, 2.05) is 36.4 Å². The maximum absolute atomic E-state index is 12.4. The van der Waals surface area contributed by atoms with Crippen molar-refractivity contribution in [2.75, 3.05) is 13.7 Å². The molecule has 0 N–H and O–H groups in total. The van der Waals surface area contributed by atoms with Crippen molar-refractivity contribution in [2.45, 2.75) is 12.6 Å². The molecule has 1 aromatic rings. The van der Waals surface area contributed by atoms with Gasteiger partial charge in [0, 0.05) is 12.5 Å². The summed E-state index contributed by atoms with van der Waals surface area (Å²) in [5.41, 5.74) is 0.892. The minimum Gasteiger partial charge on any atom is -0.469 e. The zero-order valence-corrected chi connectivity index (χ0v) is 13.3. The molecule has 0 radical (unpaired) electrons. The van der Waals surface area contributed by atoms with Gasteiger partial charge in [0.1, 0.15) is 12.9 Å². The smallest absolute Gasteiger partial charge is 0.410 e. The van der Waals surface area contributed by atoms with Gasteiger partial charge in [0.2, 0.25) is 0 Å². The monoisotopic (exact) mass is 329 g/mol. The molecule has 2 heterocycles. The lowest BCUT2D eigenvalue weighted by Gasteiger charge is -2.47. The van der Waals surface area contributed by atoms with Crippen LogP contribution in [-0.4, -0.2) is 42.9 Å². The van der Waals surface area contributed by atoms with Crippen molar-refractivity contribution in [3.8, 4) is 0 Å². The largest absolute Gasteiger partial charge is 0.469 e. The Kier molecular flexibility index (Phi) is 4.64. The molecule has 1 amide bonds. The number of amides is 1. The molecule has 4 rings (SSSR count). The molecule has 126 valence electrons. The number of piperidine rings is 1. The Morgan fingerprint density at radius 3 is 2.67 bits per heavy atom. The van der Waals surface area contributed by atoms with E-state index in [1.165, 1.54) is 12.0 Å². The number of methoxy groups -OCH3 is 1. The van der Waals surface area contributed by atoms with Crippen molar-refractivity contribution in [2.24, 2.45) is 17.8 Å². The molecule has 1 aromatic carbocycles. The van der Waals surface area contributed by atoms with Crippen LogP contribution in [0.1, 0.15) is 5.56 Å². The summed E-state index contributed by atoms with van der Waals surface area (Å²) in [4.78, 5) is 37.4. The van der Waals surface area contributed by atoms with Crippen LogP contribution in [0.15, 0.2) is 42.5 Å². The van der Waals surface area contributed by atoms with Crippen molar-refractivity contribution < 1.29 is 23.9 Å². The molecule has 0 unspecified atom stereocenters. The summed E-state index contributed by atoms with van der Waals surface area (Å²) in [5, 5.41) is 0. The Balaban J connectivity index is 1.70. The number of carbonyl (C=O) groups is 3. The number of fused-ring (bicyclic) bond motifs is 2. The standard InChI is InChI=1S/C18H19NO5/c1-23-17(21)16-13-7-8-15(14(16)10-20)19(9-13)18(22)24-11-12-5-3-2-4-6-12/h2-8,10,13-16H,9,11H2,1H3/t13-,14+,15-,16+/m0/s1. The molecule has 0 spiro atoms. The number of nitrogens with zero attached hydrogens (tertiary/aromatic N) is 1. The van der Waals surface area contributed by atoms with Crippen molar-refractivity contribution in [3.63, 3.8) is 0 Å². The predicted molar refractivity (Wildman–Crippen MR) is 84.8 cm³/mol. The van der Waals surface area contributed by atoms with E-state index in [4.69, 9.17) is 9.47 Å². The second-order valence-electron chi connectivity index (χ2n) is 5.99. The van der Waals surface area contributed by atoms with Crippen LogP contribution in [-0.2, 0) is 25.7 Å². The lowest BCUT2D eigenvalue weighted by atomic mass is 9.69. The predicted octanol–water partition coefficient (Wildman–Crippen LogP) is 1.80. The third-order valence-corrected chi connectivity index (χ3v) is 4.66. The fraction of sp³-hybridized carbons (Fsp3) is 0.389. The molecule has 3 aliphatic rings. The van der Waals surface area contributed by atoms with E-state index >= 15 is 0 Å². The molecule has 0 aromatic heterocycles. The number of carbonyl (C=O) groups excluding carboxylic acids is 3. The number of rotatable bonds is 4. The first kappa shape index (κ1) is 16.2. The number of aldehydes is 1. The average molecular weight is 329 g/mol. The van der Waals surface area contributed by atoms with Gasteiger partial charge < -0.3 is 19.2 Å².